The molecule has 1 aliphatic carbocycles. The Morgan fingerprint density at radius 2 is 0.656 bits per heavy atom. The van der Waals surface area contributed by atoms with Crippen molar-refractivity contribution < 1.29 is 71.1 Å². The van der Waals surface area contributed by atoms with Crippen LogP contribution in [0.1, 0.15) is 17.0 Å². The van der Waals surface area contributed by atoms with E-state index in [0.717, 1.165) is 6.54 Å². The molecule has 2 N–H and O–H groups in total. The van der Waals surface area contributed by atoms with Gasteiger partial charge in [-0.25, -0.2) is 4.79 Å². The zero-order valence-corrected chi connectivity index (χ0v) is 36.3. The van der Waals surface area contributed by atoms with Crippen molar-refractivity contribution in [3.8, 4) is 11.1 Å². The van der Waals surface area contributed by atoms with Gasteiger partial charge in [-0.2, -0.15) is 0 Å². The summed E-state index contributed by atoms with van der Waals surface area (Å²) < 4.78 is 76.9. The molecule has 0 saturated carbocycles. The summed E-state index contributed by atoms with van der Waals surface area (Å²) in [5.41, 5.74) is 4.77. The predicted octanol–water partition coefficient (Wildman–Crippen LogP) is 2.96. The quantitative estimate of drug-likeness (QED) is 0.0932. The van der Waals surface area contributed by atoms with Crippen molar-refractivity contribution in [2.75, 3.05) is 199 Å². The van der Waals surface area contributed by atoms with Gasteiger partial charge in [0.15, 0.2) is 0 Å². The van der Waals surface area contributed by atoms with Gasteiger partial charge in [-0.05, 0) is 29.3 Å². The molecule has 1 aliphatic rings. The fourth-order valence-corrected chi connectivity index (χ4v) is 5.79. The van der Waals surface area contributed by atoms with E-state index < -0.39 is 6.09 Å². The third kappa shape index (κ3) is 27.1. The lowest BCUT2D eigenvalue weighted by Crippen LogP contribution is -2.29. The molecule has 0 unspecified atom stereocenters. The number of rotatable bonds is 44. The van der Waals surface area contributed by atoms with Crippen LogP contribution in [-0.2, 0) is 66.3 Å². The van der Waals surface area contributed by atoms with Crippen LogP contribution in [0.25, 0.3) is 11.1 Å². The molecule has 348 valence electrons. The number of likely N-dealkylation sites (N-methyl/N-ethyl adjacent to an activating group) is 1. The number of fused-ring (bicyclic) bond motifs is 3. The fourth-order valence-electron chi connectivity index (χ4n) is 5.79. The van der Waals surface area contributed by atoms with Gasteiger partial charge in [-0.15, -0.1) is 0 Å². The van der Waals surface area contributed by atoms with Crippen LogP contribution in [-0.4, -0.2) is 205 Å². The molecule has 61 heavy (non-hydrogen) atoms. The number of nitrogens with one attached hydrogen (secondary N) is 2. The number of carbonyl (C=O) groups excluding carboxylic acids is 1. The van der Waals surface area contributed by atoms with Crippen molar-refractivity contribution in [3.63, 3.8) is 0 Å². The third-order valence-corrected chi connectivity index (χ3v) is 8.82. The SMILES string of the molecule is CNCCOCCOCCOCCOCCOCCOCCOCCOCCOCCOCCOCCOCCOCCNC(=O)OCC1c2ccccc2-c2ccccc21. The lowest BCUT2D eigenvalue weighted by atomic mass is 9.98. The van der Waals surface area contributed by atoms with E-state index in [1.165, 1.54) is 22.3 Å². The maximum Gasteiger partial charge on any atom is 0.407 e. The molecule has 0 spiro atoms. The molecule has 17 nitrogen and oxygen atoms in total. The average molecular weight is 869 g/mol. The van der Waals surface area contributed by atoms with Crippen LogP contribution in [0.4, 0.5) is 4.79 Å². The molecule has 1 amide bonds. The van der Waals surface area contributed by atoms with Gasteiger partial charge in [0.1, 0.15) is 6.61 Å². The summed E-state index contributed by atoms with van der Waals surface area (Å²) >= 11 is 0. The van der Waals surface area contributed by atoms with Crippen molar-refractivity contribution in [2.45, 2.75) is 5.92 Å². The van der Waals surface area contributed by atoms with E-state index in [-0.39, 0.29) is 12.5 Å². The summed E-state index contributed by atoms with van der Waals surface area (Å²) in [6, 6.07) is 16.5. The van der Waals surface area contributed by atoms with Crippen molar-refractivity contribution in [2.24, 2.45) is 0 Å². The third-order valence-electron chi connectivity index (χ3n) is 8.82. The van der Waals surface area contributed by atoms with Crippen LogP contribution in [0, 0.1) is 0 Å². The molecule has 0 heterocycles. The van der Waals surface area contributed by atoms with E-state index in [2.05, 4.69) is 34.9 Å². The Labute approximate surface area is 362 Å². The molecule has 0 fully saturated rings. The smallest absolute Gasteiger partial charge is 0.407 e. The van der Waals surface area contributed by atoms with Gasteiger partial charge in [0.25, 0.3) is 0 Å². The molecule has 0 bridgehead atoms. The maximum absolute atomic E-state index is 12.3. The highest BCUT2D eigenvalue weighted by molar-refractivity contribution is 5.79. The largest absolute Gasteiger partial charge is 0.449 e. The molecule has 0 atom stereocenters. The lowest BCUT2D eigenvalue weighted by molar-refractivity contribution is -0.0289. The minimum absolute atomic E-state index is 0.0342. The first-order chi connectivity index (χ1) is 30.3. The van der Waals surface area contributed by atoms with E-state index in [1.54, 1.807) is 0 Å². The number of ether oxygens (including phenoxy) is 14. The second-order valence-electron chi connectivity index (χ2n) is 13.3. The molecule has 2 aromatic rings. The highest BCUT2D eigenvalue weighted by atomic mass is 16.6. The van der Waals surface area contributed by atoms with Crippen LogP contribution in [0.15, 0.2) is 48.5 Å². The standard InChI is InChI=1S/C44H72N2O15/c1-45-10-12-48-14-16-50-18-20-52-22-24-54-26-28-56-30-32-58-34-36-60-37-35-59-33-31-57-29-27-55-25-23-53-21-19-51-17-15-49-13-11-46-44(47)61-38-43-41-8-4-2-6-39(41)40-7-3-5-9-42(40)43/h2-9,43,45H,10-38H2,1H3,(H,46,47). The van der Waals surface area contributed by atoms with E-state index in [9.17, 15) is 4.79 Å². The second kappa shape index (κ2) is 38.8. The van der Waals surface area contributed by atoms with Crippen LogP contribution in [0.5, 0.6) is 0 Å². The van der Waals surface area contributed by atoms with Crippen LogP contribution < -0.4 is 10.6 Å². The van der Waals surface area contributed by atoms with Gasteiger partial charge < -0.3 is 76.9 Å². The highest BCUT2D eigenvalue weighted by Crippen LogP contribution is 2.44. The summed E-state index contributed by atoms with van der Waals surface area (Å²) in [4.78, 5) is 12.3. The first-order valence-corrected chi connectivity index (χ1v) is 21.5. The van der Waals surface area contributed by atoms with Gasteiger partial charge >= 0.3 is 6.09 Å². The zero-order chi connectivity index (χ0) is 42.9. The molecule has 0 aromatic heterocycles. The Morgan fingerprint density at radius 1 is 0.393 bits per heavy atom. The number of alkyl carbamates (subject to hydrolysis) is 1. The minimum atomic E-state index is -0.454. The van der Waals surface area contributed by atoms with Gasteiger partial charge in [0.05, 0.1) is 172 Å². The zero-order valence-electron chi connectivity index (χ0n) is 36.3. The number of benzene rings is 2. The van der Waals surface area contributed by atoms with Gasteiger partial charge in [0, 0.05) is 19.0 Å². The van der Waals surface area contributed by atoms with Crippen LogP contribution in [0.3, 0.4) is 0 Å². The Kier molecular flexibility index (Phi) is 33.4. The van der Waals surface area contributed by atoms with Gasteiger partial charge in [-0.3, -0.25) is 0 Å². The molecule has 2 aromatic carbocycles. The number of hydrogen-bond acceptors (Lipinski definition) is 16. The van der Waals surface area contributed by atoms with Crippen molar-refractivity contribution >= 4 is 6.09 Å². The predicted molar refractivity (Wildman–Crippen MR) is 228 cm³/mol. The molecule has 3 rings (SSSR count). The Bertz CT molecular complexity index is 1270. The molecular weight excluding hydrogens is 796 g/mol. The van der Waals surface area contributed by atoms with Crippen molar-refractivity contribution in [1.82, 2.24) is 10.6 Å². The van der Waals surface area contributed by atoms with Crippen LogP contribution >= 0.6 is 0 Å². The Balaban J connectivity index is 0.915. The monoisotopic (exact) mass is 868 g/mol. The first-order valence-electron chi connectivity index (χ1n) is 21.5. The Morgan fingerprint density at radius 3 is 0.951 bits per heavy atom. The summed E-state index contributed by atoms with van der Waals surface area (Å²) in [5.74, 6) is 0.0342. The summed E-state index contributed by atoms with van der Waals surface area (Å²) in [6.45, 7) is 14.5. The average Bonchev–Trinajstić information content (AvgIpc) is 3.60. The fraction of sp³-hybridized carbons (Fsp3) is 0.705. The summed E-state index contributed by atoms with van der Waals surface area (Å²) in [6.07, 6.45) is -0.454. The Hall–Kier alpha value is -2.85. The highest BCUT2D eigenvalue weighted by Gasteiger charge is 2.29. The first kappa shape index (κ1) is 52.5. The molecule has 0 radical (unpaired) electrons. The summed E-state index contributed by atoms with van der Waals surface area (Å²) in [5, 5.41) is 5.77. The topological polar surface area (TPSA) is 170 Å². The number of carbonyl (C=O) groups is 1. The lowest BCUT2D eigenvalue weighted by Gasteiger charge is -2.14. The van der Waals surface area contributed by atoms with Gasteiger partial charge in [-0.1, -0.05) is 48.5 Å². The molecule has 17 heteroatoms. The second-order valence-corrected chi connectivity index (χ2v) is 13.3. The normalized spacial score (nSPS) is 12.2. The van der Waals surface area contributed by atoms with Crippen LogP contribution in [0.2, 0.25) is 0 Å². The molecule has 0 saturated heterocycles. The number of hydrogen-bond donors (Lipinski definition) is 2. The van der Waals surface area contributed by atoms with E-state index in [0.29, 0.717) is 178 Å². The van der Waals surface area contributed by atoms with Gasteiger partial charge in [0.2, 0.25) is 0 Å². The number of amides is 1. The van der Waals surface area contributed by atoms with Crippen molar-refractivity contribution in [3.05, 3.63) is 59.7 Å². The van der Waals surface area contributed by atoms with E-state index in [1.807, 2.05) is 31.3 Å². The summed E-state index contributed by atoms with van der Waals surface area (Å²) in [7, 11) is 1.89. The van der Waals surface area contributed by atoms with E-state index >= 15 is 0 Å². The maximum atomic E-state index is 12.3. The van der Waals surface area contributed by atoms with Crippen molar-refractivity contribution in [1.29, 1.82) is 0 Å². The van der Waals surface area contributed by atoms with E-state index in [4.69, 9.17) is 66.3 Å². The molecular formula is C44H72N2O15. The minimum Gasteiger partial charge on any atom is -0.449 e. The molecule has 0 aliphatic heterocycles.